The number of halogens is 4. The van der Waals surface area contributed by atoms with Gasteiger partial charge in [-0.3, -0.25) is 0 Å². The fourth-order valence-electron chi connectivity index (χ4n) is 1.67. The van der Waals surface area contributed by atoms with Gasteiger partial charge in [0.05, 0.1) is 0 Å². The third kappa shape index (κ3) is 1.83. The maximum absolute atomic E-state index is 13.2. The average molecular weight is 234 g/mol. The molecule has 2 atom stereocenters. The average Bonchev–Trinajstić information content (AvgIpc) is 3.00. The van der Waals surface area contributed by atoms with Crippen molar-refractivity contribution in [3.8, 4) is 0 Å². The Labute approximate surface area is 89.7 Å². The zero-order valence-corrected chi connectivity index (χ0v) is 8.53. The smallest absolute Gasteiger partial charge is 0.253 e. The van der Waals surface area contributed by atoms with Gasteiger partial charge in [-0.25, -0.2) is 0 Å². The van der Waals surface area contributed by atoms with Crippen molar-refractivity contribution in [2.75, 3.05) is 5.32 Å². The molecule has 1 heterocycles. The molecule has 0 spiro atoms. The van der Waals surface area contributed by atoms with Crippen LogP contribution in [0.4, 0.5) is 23.2 Å². The van der Waals surface area contributed by atoms with Gasteiger partial charge in [-0.05, 0) is 12.3 Å². The van der Waals surface area contributed by atoms with Crippen LogP contribution < -0.4 is 5.32 Å². The second-order valence-corrected chi connectivity index (χ2v) is 3.85. The van der Waals surface area contributed by atoms with Crippen LogP contribution in [-0.2, 0) is 0 Å². The minimum atomic E-state index is -1.63. The summed E-state index contributed by atoms with van der Waals surface area (Å²) in [4.78, 5) is 2.48. The molecule has 0 saturated heterocycles. The van der Waals surface area contributed by atoms with E-state index in [1.807, 2.05) is 6.92 Å². The lowest BCUT2D eigenvalue weighted by Gasteiger charge is -2.08. The molecule has 0 bridgehead atoms. The lowest BCUT2D eigenvalue weighted by atomic mass is 10.3. The summed E-state index contributed by atoms with van der Waals surface area (Å²) in [5, 5.41) is 2.47. The minimum Gasteiger partial charge on any atom is -0.377 e. The summed E-state index contributed by atoms with van der Waals surface area (Å²) in [6.07, 6.45) is 1.61. The molecule has 1 aliphatic carbocycles. The Hall–Kier alpha value is -1.33. The molecule has 0 aliphatic heterocycles. The highest BCUT2D eigenvalue weighted by atomic mass is 19.2. The van der Waals surface area contributed by atoms with Crippen LogP contribution in [0.1, 0.15) is 19.8 Å². The first-order valence-corrected chi connectivity index (χ1v) is 5.01. The molecule has 1 aromatic rings. The Morgan fingerprint density at radius 2 is 1.75 bits per heavy atom. The van der Waals surface area contributed by atoms with Gasteiger partial charge < -0.3 is 5.32 Å². The van der Waals surface area contributed by atoms with E-state index in [9.17, 15) is 17.6 Å². The minimum absolute atomic E-state index is 0.116. The Bertz CT molecular complexity index is 396. The van der Waals surface area contributed by atoms with Crippen LogP contribution in [-0.4, -0.2) is 11.0 Å². The highest BCUT2D eigenvalue weighted by Gasteiger charge is 2.37. The van der Waals surface area contributed by atoms with E-state index in [-0.39, 0.29) is 6.04 Å². The van der Waals surface area contributed by atoms with Crippen LogP contribution in [0, 0.1) is 29.4 Å². The summed E-state index contributed by atoms with van der Waals surface area (Å²) in [5.41, 5.74) is -0.758. The fourth-order valence-corrected chi connectivity index (χ4v) is 1.67. The van der Waals surface area contributed by atoms with Gasteiger partial charge in [0.1, 0.15) is 5.69 Å². The van der Waals surface area contributed by atoms with E-state index in [2.05, 4.69) is 10.3 Å². The molecule has 2 rings (SSSR count). The molecule has 1 fully saturated rings. The van der Waals surface area contributed by atoms with E-state index < -0.39 is 29.2 Å². The number of rotatable bonds is 3. The van der Waals surface area contributed by atoms with Crippen LogP contribution in [0.25, 0.3) is 0 Å². The van der Waals surface area contributed by atoms with E-state index in [0.29, 0.717) is 5.92 Å². The van der Waals surface area contributed by atoms with Crippen molar-refractivity contribution in [2.24, 2.45) is 5.92 Å². The molecule has 88 valence electrons. The molecule has 0 amide bonds. The molecule has 2 nitrogen and oxygen atoms in total. The fraction of sp³-hybridized carbons (Fsp3) is 0.500. The summed E-state index contributed by atoms with van der Waals surface area (Å²) in [6, 6.07) is -0.116. The lowest BCUT2D eigenvalue weighted by molar-refractivity contribution is 0.410. The molecule has 0 aromatic carbocycles. The van der Waals surface area contributed by atoms with Gasteiger partial charge in [-0.15, -0.1) is 0 Å². The van der Waals surface area contributed by atoms with Gasteiger partial charge in [0.25, 0.3) is 11.9 Å². The molecule has 16 heavy (non-hydrogen) atoms. The topological polar surface area (TPSA) is 24.9 Å². The van der Waals surface area contributed by atoms with E-state index in [4.69, 9.17) is 0 Å². The molecular weight excluding hydrogens is 224 g/mol. The standard InChI is InChI=1S/C10H10F4N2/c1-2-4-3-5(4)15-8-6(11)9(13)16-10(14)7(8)12/h4-5H,2-3H2,1H3,(H,15,16). The van der Waals surface area contributed by atoms with E-state index >= 15 is 0 Å². The van der Waals surface area contributed by atoms with Crippen molar-refractivity contribution >= 4 is 5.69 Å². The van der Waals surface area contributed by atoms with Crippen molar-refractivity contribution in [1.82, 2.24) is 4.98 Å². The summed E-state index contributed by atoms with van der Waals surface area (Å²) in [7, 11) is 0. The van der Waals surface area contributed by atoms with Crippen molar-refractivity contribution in [2.45, 2.75) is 25.8 Å². The number of pyridine rings is 1. The highest BCUT2D eigenvalue weighted by molar-refractivity contribution is 5.47. The number of nitrogens with zero attached hydrogens (tertiary/aromatic N) is 1. The van der Waals surface area contributed by atoms with Gasteiger partial charge in [0, 0.05) is 6.04 Å². The van der Waals surface area contributed by atoms with E-state index in [1.54, 1.807) is 0 Å². The van der Waals surface area contributed by atoms with Gasteiger partial charge in [0.2, 0.25) is 11.6 Å². The monoisotopic (exact) mass is 234 g/mol. The molecule has 2 unspecified atom stereocenters. The van der Waals surface area contributed by atoms with Crippen LogP contribution in [0.3, 0.4) is 0 Å². The molecule has 6 heteroatoms. The summed E-state index contributed by atoms with van der Waals surface area (Å²) in [5.74, 6) is -5.90. The van der Waals surface area contributed by atoms with Crippen molar-refractivity contribution < 1.29 is 17.6 Å². The highest BCUT2D eigenvalue weighted by Crippen LogP contribution is 2.37. The van der Waals surface area contributed by atoms with Gasteiger partial charge >= 0.3 is 0 Å². The molecule has 1 aliphatic rings. The summed E-state index contributed by atoms with van der Waals surface area (Å²) < 4.78 is 51.8. The first kappa shape index (κ1) is 11.2. The van der Waals surface area contributed by atoms with Gasteiger partial charge in [-0.2, -0.15) is 22.5 Å². The van der Waals surface area contributed by atoms with Crippen molar-refractivity contribution in [3.05, 3.63) is 23.5 Å². The predicted molar refractivity (Wildman–Crippen MR) is 49.9 cm³/mol. The first-order valence-electron chi connectivity index (χ1n) is 5.01. The quantitative estimate of drug-likeness (QED) is 0.642. The SMILES string of the molecule is CCC1CC1Nc1c(F)c(F)nc(F)c1F. The molecular formula is C10H10F4N2. The zero-order valence-electron chi connectivity index (χ0n) is 8.53. The second-order valence-electron chi connectivity index (χ2n) is 3.85. The number of hydrogen-bond donors (Lipinski definition) is 1. The van der Waals surface area contributed by atoms with Crippen LogP contribution in [0.15, 0.2) is 0 Å². The summed E-state index contributed by atoms with van der Waals surface area (Å²) >= 11 is 0. The zero-order chi connectivity index (χ0) is 11.9. The Kier molecular flexibility index (Phi) is 2.73. The third-order valence-electron chi connectivity index (χ3n) is 2.77. The molecule has 1 N–H and O–H groups in total. The maximum Gasteiger partial charge on any atom is 0.253 e. The van der Waals surface area contributed by atoms with Crippen molar-refractivity contribution in [3.63, 3.8) is 0 Å². The number of anilines is 1. The normalized spacial score (nSPS) is 23.3. The van der Waals surface area contributed by atoms with E-state index in [0.717, 1.165) is 12.8 Å². The second kappa shape index (κ2) is 3.92. The van der Waals surface area contributed by atoms with Crippen LogP contribution >= 0.6 is 0 Å². The van der Waals surface area contributed by atoms with Crippen molar-refractivity contribution in [1.29, 1.82) is 0 Å². The number of hydrogen-bond acceptors (Lipinski definition) is 2. The summed E-state index contributed by atoms with van der Waals surface area (Å²) in [6.45, 7) is 1.94. The van der Waals surface area contributed by atoms with Crippen LogP contribution in [0.2, 0.25) is 0 Å². The Morgan fingerprint density at radius 1 is 1.19 bits per heavy atom. The largest absolute Gasteiger partial charge is 0.377 e. The lowest BCUT2D eigenvalue weighted by Crippen LogP contribution is -2.12. The van der Waals surface area contributed by atoms with Gasteiger partial charge in [0.15, 0.2) is 0 Å². The third-order valence-corrected chi connectivity index (χ3v) is 2.77. The Balaban J connectivity index is 2.26. The van der Waals surface area contributed by atoms with Gasteiger partial charge in [-0.1, -0.05) is 13.3 Å². The Morgan fingerprint density at radius 3 is 2.19 bits per heavy atom. The molecule has 1 saturated carbocycles. The predicted octanol–water partition coefficient (Wildman–Crippen LogP) is 2.85. The van der Waals surface area contributed by atoms with Crippen LogP contribution in [0.5, 0.6) is 0 Å². The molecule has 0 radical (unpaired) electrons. The first-order chi connectivity index (χ1) is 7.54. The van der Waals surface area contributed by atoms with E-state index in [1.165, 1.54) is 0 Å². The molecule has 1 aromatic heterocycles. The number of aromatic nitrogens is 1. The number of nitrogens with one attached hydrogen (secondary N) is 1. The maximum atomic E-state index is 13.2.